The summed E-state index contributed by atoms with van der Waals surface area (Å²) in [6, 6.07) is 0. The van der Waals surface area contributed by atoms with Crippen LogP contribution in [0.2, 0.25) is 0 Å². The maximum Gasteiger partial charge on any atom is 0.330 e. The van der Waals surface area contributed by atoms with E-state index in [2.05, 4.69) is 33.1 Å². The number of carbonyl (C=O) groups excluding carboxylic acids is 1. The number of unbranched alkanes of at least 4 members (excludes halogenated alkanes) is 3. The second-order valence-electron chi connectivity index (χ2n) is 5.59. The quantitative estimate of drug-likeness (QED) is 0.285. The molecule has 0 heterocycles. The summed E-state index contributed by atoms with van der Waals surface area (Å²) in [5.74, 6) is -0.373. The lowest BCUT2D eigenvalue weighted by Gasteiger charge is -2.17. The largest absolute Gasteiger partial charge is 0.457 e. The molecule has 0 N–H and O–H groups in total. The highest BCUT2D eigenvalue weighted by Crippen LogP contribution is 2.06. The van der Waals surface area contributed by atoms with Crippen molar-refractivity contribution in [3.8, 4) is 0 Å². The fourth-order valence-electron chi connectivity index (χ4n) is 1.17. The third-order valence-electron chi connectivity index (χ3n) is 1.99. The van der Waals surface area contributed by atoms with Crippen molar-refractivity contribution in [2.24, 2.45) is 0 Å². The molecule has 0 bridgehead atoms. The van der Waals surface area contributed by atoms with E-state index in [-0.39, 0.29) is 5.97 Å². The zero-order chi connectivity index (χ0) is 15.3. The first-order valence-electron chi connectivity index (χ1n) is 6.82. The number of carbonyl (C=O) groups is 1. The molecule has 0 spiro atoms. The summed E-state index contributed by atoms with van der Waals surface area (Å²) < 4.78 is 4.83. The second-order valence-corrected chi connectivity index (χ2v) is 5.59. The minimum absolute atomic E-state index is 0.373. The molecule has 19 heavy (non-hydrogen) atoms. The minimum Gasteiger partial charge on any atom is -0.457 e. The minimum atomic E-state index is -0.398. The Morgan fingerprint density at radius 3 is 1.95 bits per heavy atom. The molecule has 0 atom stereocenters. The van der Waals surface area contributed by atoms with Crippen LogP contribution in [0.5, 0.6) is 0 Å². The summed E-state index contributed by atoms with van der Waals surface area (Å²) in [6.45, 7) is 16.7. The third-order valence-corrected chi connectivity index (χ3v) is 1.99. The van der Waals surface area contributed by atoms with E-state index >= 15 is 0 Å². The second kappa shape index (κ2) is 11.8. The highest BCUT2D eigenvalue weighted by molar-refractivity contribution is 5.81. The molecule has 0 radical (unpaired) electrons. The van der Waals surface area contributed by atoms with Gasteiger partial charge >= 0.3 is 5.97 Å². The SMILES string of the molecule is C=CC(=O)OC(C)(C)C.C=CCCCCC=C(C)C. The monoisotopic (exact) mass is 266 g/mol. The first-order valence-corrected chi connectivity index (χ1v) is 6.82. The number of hydrogen-bond donors (Lipinski definition) is 0. The number of hydrogen-bond acceptors (Lipinski definition) is 2. The smallest absolute Gasteiger partial charge is 0.330 e. The zero-order valence-corrected chi connectivity index (χ0v) is 13.3. The van der Waals surface area contributed by atoms with Crippen LogP contribution >= 0.6 is 0 Å². The van der Waals surface area contributed by atoms with E-state index in [9.17, 15) is 4.79 Å². The lowest BCUT2D eigenvalue weighted by Crippen LogP contribution is -2.22. The van der Waals surface area contributed by atoms with Gasteiger partial charge in [-0.25, -0.2) is 4.79 Å². The number of esters is 1. The molecule has 0 aromatic rings. The predicted octanol–water partition coefficient (Wildman–Crippen LogP) is 5.21. The Balaban J connectivity index is 0. The van der Waals surface area contributed by atoms with Gasteiger partial charge in [0.15, 0.2) is 0 Å². The molecule has 0 saturated heterocycles. The van der Waals surface area contributed by atoms with Crippen LogP contribution in [0.15, 0.2) is 37.0 Å². The molecule has 2 heteroatoms. The van der Waals surface area contributed by atoms with Crippen LogP contribution in [0.3, 0.4) is 0 Å². The van der Waals surface area contributed by atoms with Crippen molar-refractivity contribution in [3.63, 3.8) is 0 Å². The van der Waals surface area contributed by atoms with Gasteiger partial charge in [0.1, 0.15) is 5.60 Å². The Morgan fingerprint density at radius 1 is 1.11 bits per heavy atom. The molecular weight excluding hydrogens is 236 g/mol. The Morgan fingerprint density at radius 2 is 1.63 bits per heavy atom. The van der Waals surface area contributed by atoms with Gasteiger partial charge in [-0.2, -0.15) is 0 Å². The lowest BCUT2D eigenvalue weighted by atomic mass is 10.1. The molecule has 0 amide bonds. The van der Waals surface area contributed by atoms with Gasteiger partial charge in [0.25, 0.3) is 0 Å². The Bertz CT molecular complexity index is 289. The van der Waals surface area contributed by atoms with E-state index in [0.29, 0.717) is 0 Å². The van der Waals surface area contributed by atoms with Crippen LogP contribution in [-0.2, 0) is 9.53 Å². The van der Waals surface area contributed by atoms with Crippen LogP contribution in [0, 0.1) is 0 Å². The zero-order valence-electron chi connectivity index (χ0n) is 13.3. The molecule has 110 valence electrons. The molecule has 0 rings (SSSR count). The summed E-state index contributed by atoms with van der Waals surface area (Å²) in [5.41, 5.74) is 1.03. The average Bonchev–Trinajstić information content (AvgIpc) is 2.27. The molecule has 0 aromatic heterocycles. The Labute approximate surface area is 119 Å². The number of rotatable bonds is 6. The summed E-state index contributed by atoms with van der Waals surface area (Å²) in [5, 5.41) is 0. The normalized spacial score (nSPS) is 9.74. The predicted molar refractivity (Wildman–Crippen MR) is 84.1 cm³/mol. The first kappa shape index (κ1) is 20.0. The topological polar surface area (TPSA) is 26.3 Å². The molecule has 0 aliphatic carbocycles. The Kier molecular flexibility index (Phi) is 12.4. The molecule has 0 aliphatic rings. The van der Waals surface area contributed by atoms with Crippen molar-refractivity contribution >= 4 is 5.97 Å². The van der Waals surface area contributed by atoms with Crippen LogP contribution in [0.25, 0.3) is 0 Å². The van der Waals surface area contributed by atoms with Gasteiger partial charge in [-0.1, -0.05) is 24.3 Å². The van der Waals surface area contributed by atoms with Crippen molar-refractivity contribution in [2.75, 3.05) is 0 Å². The standard InChI is InChI=1S/C10H18.C7H12O2/c1-4-5-6-7-8-9-10(2)3;1-5-6(8)9-7(2,3)4/h4,9H,1,5-8H2,2-3H3;5H,1H2,2-4H3. The van der Waals surface area contributed by atoms with Crippen LogP contribution < -0.4 is 0 Å². The van der Waals surface area contributed by atoms with Crippen molar-refractivity contribution in [1.82, 2.24) is 0 Å². The van der Waals surface area contributed by atoms with E-state index in [1.54, 1.807) is 0 Å². The van der Waals surface area contributed by atoms with Crippen molar-refractivity contribution < 1.29 is 9.53 Å². The molecule has 0 saturated carbocycles. The van der Waals surface area contributed by atoms with E-state index in [1.807, 2.05) is 26.8 Å². The van der Waals surface area contributed by atoms with E-state index < -0.39 is 5.60 Å². The van der Waals surface area contributed by atoms with Crippen LogP contribution in [-0.4, -0.2) is 11.6 Å². The van der Waals surface area contributed by atoms with Gasteiger partial charge in [-0.15, -0.1) is 6.58 Å². The van der Waals surface area contributed by atoms with Gasteiger partial charge in [0.05, 0.1) is 0 Å². The van der Waals surface area contributed by atoms with Crippen molar-refractivity contribution in [1.29, 1.82) is 0 Å². The summed E-state index contributed by atoms with van der Waals surface area (Å²) in [7, 11) is 0. The molecule has 2 nitrogen and oxygen atoms in total. The van der Waals surface area contributed by atoms with Crippen molar-refractivity contribution in [3.05, 3.63) is 37.0 Å². The molecule has 0 aliphatic heterocycles. The van der Waals surface area contributed by atoms with E-state index in [4.69, 9.17) is 4.74 Å². The lowest BCUT2D eigenvalue weighted by molar-refractivity contribution is -0.148. The van der Waals surface area contributed by atoms with Crippen LogP contribution in [0.1, 0.15) is 60.3 Å². The van der Waals surface area contributed by atoms with Gasteiger partial charge in [0.2, 0.25) is 0 Å². The summed E-state index contributed by atoms with van der Waals surface area (Å²) >= 11 is 0. The average molecular weight is 266 g/mol. The fraction of sp³-hybridized carbons (Fsp3) is 0.588. The van der Waals surface area contributed by atoms with E-state index in [1.165, 1.54) is 24.8 Å². The van der Waals surface area contributed by atoms with Gasteiger partial charge in [-0.05, 0) is 60.3 Å². The summed E-state index contributed by atoms with van der Waals surface area (Å²) in [4.78, 5) is 10.5. The maximum absolute atomic E-state index is 10.5. The number of ether oxygens (including phenoxy) is 1. The first-order chi connectivity index (χ1) is 8.72. The van der Waals surface area contributed by atoms with Gasteiger partial charge in [-0.3, -0.25) is 0 Å². The molecule has 0 unspecified atom stereocenters. The molecule has 0 fully saturated rings. The molecule has 0 aromatic carbocycles. The maximum atomic E-state index is 10.5. The summed E-state index contributed by atoms with van der Waals surface area (Å²) in [6.07, 6.45) is 10.4. The highest BCUT2D eigenvalue weighted by Gasteiger charge is 2.12. The van der Waals surface area contributed by atoms with Crippen molar-refractivity contribution in [2.45, 2.75) is 65.9 Å². The Hall–Kier alpha value is -1.31. The highest BCUT2D eigenvalue weighted by atomic mass is 16.6. The third kappa shape index (κ3) is 22.4. The van der Waals surface area contributed by atoms with Gasteiger partial charge in [0, 0.05) is 6.08 Å². The van der Waals surface area contributed by atoms with Crippen LogP contribution in [0.4, 0.5) is 0 Å². The van der Waals surface area contributed by atoms with E-state index in [0.717, 1.165) is 12.5 Å². The van der Waals surface area contributed by atoms with Gasteiger partial charge < -0.3 is 4.74 Å². The fourth-order valence-corrected chi connectivity index (χ4v) is 1.17. The number of allylic oxidation sites excluding steroid dienone is 3. The molecular formula is C17H30O2.